The van der Waals surface area contributed by atoms with Crippen LogP contribution < -0.4 is 0 Å². The molecule has 1 saturated carbocycles. The number of hydrogen-bond donors (Lipinski definition) is 0. The maximum atomic E-state index is 11.9. The van der Waals surface area contributed by atoms with Gasteiger partial charge >= 0.3 is 0 Å². The second-order valence-corrected chi connectivity index (χ2v) is 13.2. The van der Waals surface area contributed by atoms with Gasteiger partial charge in [0.15, 0.2) is 14.1 Å². The van der Waals surface area contributed by atoms with Crippen molar-refractivity contribution in [2.75, 3.05) is 0 Å². The van der Waals surface area contributed by atoms with Crippen LogP contribution in [-0.2, 0) is 9.22 Å². The zero-order valence-corrected chi connectivity index (χ0v) is 15.8. The first-order valence-electron chi connectivity index (χ1n) is 7.24. The van der Waals surface area contributed by atoms with Gasteiger partial charge in [0, 0.05) is 6.42 Å². The third kappa shape index (κ3) is 3.00. The summed E-state index contributed by atoms with van der Waals surface area (Å²) < 4.78 is 7.58. The first-order chi connectivity index (χ1) is 8.63. The van der Waals surface area contributed by atoms with E-state index in [9.17, 15) is 4.79 Å². The van der Waals surface area contributed by atoms with Gasteiger partial charge in [-0.3, -0.25) is 4.79 Å². The van der Waals surface area contributed by atoms with Crippen LogP contribution in [0.3, 0.4) is 0 Å². The highest BCUT2D eigenvalue weighted by Crippen LogP contribution is 2.46. The summed E-state index contributed by atoms with van der Waals surface area (Å²) in [5, 5.41) is 0.231. The highest BCUT2D eigenvalue weighted by atomic mass is 127. The van der Waals surface area contributed by atoms with Gasteiger partial charge in [0.25, 0.3) is 0 Å². The molecule has 19 heavy (non-hydrogen) atoms. The molecule has 4 heteroatoms. The zero-order valence-electron chi connectivity index (χ0n) is 12.7. The molecule has 0 amide bonds. The van der Waals surface area contributed by atoms with E-state index >= 15 is 0 Å². The summed E-state index contributed by atoms with van der Waals surface area (Å²) >= 11 is 2.25. The molecule has 0 spiro atoms. The molecule has 0 aliphatic heterocycles. The van der Waals surface area contributed by atoms with Crippen LogP contribution in [0.1, 0.15) is 46.5 Å². The molecule has 0 aromatic carbocycles. The van der Waals surface area contributed by atoms with E-state index in [0.29, 0.717) is 11.7 Å². The normalized spacial score (nSPS) is 28.8. The van der Waals surface area contributed by atoms with Gasteiger partial charge in [0.2, 0.25) is 0 Å². The summed E-state index contributed by atoms with van der Waals surface area (Å²) in [6.45, 7) is 11.4. The summed E-state index contributed by atoms with van der Waals surface area (Å²) in [5.41, 5.74) is 1.33. The monoisotopic (exact) mass is 392 g/mol. The van der Waals surface area contributed by atoms with E-state index in [2.05, 4.69) is 56.5 Å². The average molecular weight is 392 g/mol. The van der Waals surface area contributed by atoms with Crippen LogP contribution in [0, 0.1) is 5.92 Å². The van der Waals surface area contributed by atoms with Gasteiger partial charge in [-0.1, -0.05) is 20.8 Å². The Morgan fingerprint density at radius 2 is 1.89 bits per heavy atom. The number of Topliss-reactive ketones (excluding diaryl/α,β-unsaturated/α-hetero) is 1. The topological polar surface area (TPSA) is 26.3 Å². The lowest BCUT2D eigenvalue weighted by Gasteiger charge is -2.42. The fourth-order valence-electron chi connectivity index (χ4n) is 2.79. The van der Waals surface area contributed by atoms with E-state index in [-0.39, 0.29) is 11.1 Å². The molecule has 0 aromatic rings. The van der Waals surface area contributed by atoms with E-state index in [1.54, 1.807) is 0 Å². The summed E-state index contributed by atoms with van der Waals surface area (Å²) in [5.74, 6) is 0.814. The quantitative estimate of drug-likeness (QED) is 0.497. The smallest absolute Gasteiger partial charge is 0.192 e. The molecule has 2 aliphatic rings. The highest BCUT2D eigenvalue weighted by Gasteiger charge is 2.44. The molecule has 0 bridgehead atoms. The Bertz CT molecular complexity index is 420. The SMILES string of the molecule is CC(C)(C)[Si](C)(C)O[C@@H]1CCC[C@H]2CC(=O)C(I)=C21. The summed E-state index contributed by atoms with van der Waals surface area (Å²) in [7, 11) is -1.75. The van der Waals surface area contributed by atoms with E-state index in [0.717, 1.165) is 16.4 Å². The molecule has 0 radical (unpaired) electrons. The molecule has 0 unspecified atom stereocenters. The minimum Gasteiger partial charge on any atom is -0.410 e. The third-order valence-corrected chi connectivity index (χ3v) is 10.7. The van der Waals surface area contributed by atoms with E-state index in [4.69, 9.17) is 4.43 Å². The number of allylic oxidation sites excluding steroid dienone is 1. The largest absolute Gasteiger partial charge is 0.410 e. The zero-order chi connectivity index (χ0) is 14.4. The van der Waals surface area contributed by atoms with Crippen molar-refractivity contribution in [2.24, 2.45) is 5.92 Å². The molecule has 108 valence electrons. The second-order valence-electron chi connectivity index (χ2n) is 7.39. The Kier molecular flexibility index (Phi) is 4.35. The van der Waals surface area contributed by atoms with Crippen LogP contribution >= 0.6 is 22.6 Å². The number of hydrogen-bond acceptors (Lipinski definition) is 2. The maximum absolute atomic E-state index is 11.9. The first-order valence-corrected chi connectivity index (χ1v) is 11.2. The van der Waals surface area contributed by atoms with E-state index < -0.39 is 8.32 Å². The second kappa shape index (κ2) is 5.26. The fraction of sp³-hybridized carbons (Fsp3) is 0.800. The van der Waals surface area contributed by atoms with Crippen molar-refractivity contribution in [3.05, 3.63) is 9.15 Å². The Balaban J connectivity index is 2.23. The fourth-order valence-corrected chi connectivity index (χ4v) is 5.10. The number of ketones is 1. The number of carbonyl (C=O) groups is 1. The number of fused-ring (bicyclic) bond motifs is 1. The molecule has 1 fully saturated rings. The molecular weight excluding hydrogens is 367 g/mol. The molecular formula is C15H25IO2Si. The Labute approximate surface area is 131 Å². The van der Waals surface area contributed by atoms with E-state index in [1.165, 1.54) is 18.4 Å². The number of halogens is 1. The van der Waals surface area contributed by atoms with Gasteiger partial charge < -0.3 is 4.43 Å². The van der Waals surface area contributed by atoms with Crippen molar-refractivity contribution in [1.82, 2.24) is 0 Å². The van der Waals surface area contributed by atoms with Crippen LogP contribution in [-0.4, -0.2) is 20.2 Å². The molecule has 0 saturated heterocycles. The molecule has 2 atom stereocenters. The van der Waals surface area contributed by atoms with Gasteiger partial charge in [-0.15, -0.1) is 0 Å². The molecule has 0 heterocycles. The van der Waals surface area contributed by atoms with Gasteiger partial charge in [-0.05, 0) is 71.5 Å². The van der Waals surface area contributed by atoms with Crippen LogP contribution in [0.4, 0.5) is 0 Å². The van der Waals surface area contributed by atoms with Crippen LogP contribution in [0.15, 0.2) is 9.15 Å². The average Bonchev–Trinajstić information content (AvgIpc) is 2.54. The Hall–Kier alpha value is 0.317. The van der Waals surface area contributed by atoms with Crippen molar-refractivity contribution >= 4 is 36.7 Å². The Morgan fingerprint density at radius 1 is 1.26 bits per heavy atom. The van der Waals surface area contributed by atoms with Gasteiger partial charge in [-0.25, -0.2) is 0 Å². The summed E-state index contributed by atoms with van der Waals surface area (Å²) in [6, 6.07) is 0. The van der Waals surface area contributed by atoms with Crippen LogP contribution in [0.5, 0.6) is 0 Å². The predicted molar refractivity (Wildman–Crippen MR) is 90.1 cm³/mol. The minimum atomic E-state index is -1.75. The predicted octanol–water partition coefficient (Wildman–Crippen LogP) is 4.84. The lowest BCUT2D eigenvalue weighted by molar-refractivity contribution is -0.114. The first kappa shape index (κ1) is 15.7. The van der Waals surface area contributed by atoms with Gasteiger partial charge in [0.1, 0.15) is 0 Å². The van der Waals surface area contributed by atoms with Crippen molar-refractivity contribution < 1.29 is 9.22 Å². The van der Waals surface area contributed by atoms with Gasteiger partial charge in [-0.2, -0.15) is 0 Å². The van der Waals surface area contributed by atoms with Crippen molar-refractivity contribution in [2.45, 2.75) is 70.7 Å². The molecule has 2 aliphatic carbocycles. The Morgan fingerprint density at radius 3 is 2.47 bits per heavy atom. The lowest BCUT2D eigenvalue weighted by Crippen LogP contribution is -2.45. The molecule has 2 nitrogen and oxygen atoms in total. The molecule has 2 rings (SSSR count). The number of carbonyl (C=O) groups excluding carboxylic acids is 1. The summed E-state index contributed by atoms with van der Waals surface area (Å²) in [4.78, 5) is 11.9. The van der Waals surface area contributed by atoms with Crippen molar-refractivity contribution in [3.8, 4) is 0 Å². The molecule has 0 aromatic heterocycles. The summed E-state index contributed by atoms with van der Waals surface area (Å²) in [6.07, 6.45) is 4.40. The minimum absolute atomic E-state index is 0.206. The van der Waals surface area contributed by atoms with Crippen molar-refractivity contribution in [1.29, 1.82) is 0 Å². The maximum Gasteiger partial charge on any atom is 0.192 e. The van der Waals surface area contributed by atoms with Gasteiger partial charge in [0.05, 0.1) is 9.68 Å². The highest BCUT2D eigenvalue weighted by molar-refractivity contribution is 14.1. The standard InChI is InChI=1S/C15H25IO2Si/c1-15(2,3)19(4,5)18-12-8-6-7-10-9-11(17)14(16)13(10)12/h10,12H,6-9H2,1-5H3/t10-,12+/m0/s1. The number of rotatable bonds is 2. The third-order valence-electron chi connectivity index (χ3n) is 4.98. The lowest BCUT2D eigenvalue weighted by atomic mass is 9.84. The van der Waals surface area contributed by atoms with Crippen LogP contribution in [0.2, 0.25) is 18.1 Å². The van der Waals surface area contributed by atoms with Crippen LogP contribution in [0.25, 0.3) is 0 Å². The molecule has 0 N–H and O–H groups in total. The van der Waals surface area contributed by atoms with Crippen molar-refractivity contribution in [3.63, 3.8) is 0 Å². The van der Waals surface area contributed by atoms with E-state index in [1.807, 2.05) is 0 Å².